The van der Waals surface area contributed by atoms with Gasteiger partial charge < -0.3 is 10.4 Å². The molecule has 0 aliphatic carbocycles. The SMILES string of the molecule is Cc1ncc(C(=O)Nc2cccc(C)c2C(=O)O)s1. The Bertz CT molecular complexity index is 649. The summed E-state index contributed by atoms with van der Waals surface area (Å²) in [5.41, 5.74) is 1.01. The van der Waals surface area contributed by atoms with Crippen molar-refractivity contribution in [3.8, 4) is 0 Å². The van der Waals surface area contributed by atoms with Gasteiger partial charge in [0.2, 0.25) is 0 Å². The van der Waals surface area contributed by atoms with Gasteiger partial charge >= 0.3 is 5.97 Å². The maximum atomic E-state index is 12.0. The van der Waals surface area contributed by atoms with Crippen molar-refractivity contribution in [3.63, 3.8) is 0 Å². The third kappa shape index (κ3) is 2.79. The number of aromatic carboxylic acids is 1. The maximum Gasteiger partial charge on any atom is 0.338 e. The predicted molar refractivity (Wildman–Crippen MR) is 72.9 cm³/mol. The van der Waals surface area contributed by atoms with Gasteiger partial charge in [-0.25, -0.2) is 9.78 Å². The maximum absolute atomic E-state index is 12.0. The average molecular weight is 276 g/mol. The molecule has 5 nitrogen and oxygen atoms in total. The van der Waals surface area contributed by atoms with E-state index in [0.29, 0.717) is 16.1 Å². The molecule has 1 heterocycles. The van der Waals surface area contributed by atoms with E-state index in [1.807, 2.05) is 0 Å². The summed E-state index contributed by atoms with van der Waals surface area (Å²) < 4.78 is 0. The van der Waals surface area contributed by atoms with E-state index in [1.54, 1.807) is 32.0 Å². The molecular weight excluding hydrogens is 264 g/mol. The van der Waals surface area contributed by atoms with Gasteiger partial charge in [0.15, 0.2) is 0 Å². The lowest BCUT2D eigenvalue weighted by Gasteiger charge is -2.09. The van der Waals surface area contributed by atoms with Crippen LogP contribution in [0.5, 0.6) is 0 Å². The quantitative estimate of drug-likeness (QED) is 0.903. The smallest absolute Gasteiger partial charge is 0.338 e. The zero-order chi connectivity index (χ0) is 14.0. The first-order valence-electron chi connectivity index (χ1n) is 5.55. The van der Waals surface area contributed by atoms with E-state index in [4.69, 9.17) is 0 Å². The molecule has 0 spiro atoms. The van der Waals surface area contributed by atoms with Crippen LogP contribution in [0.25, 0.3) is 0 Å². The van der Waals surface area contributed by atoms with E-state index < -0.39 is 5.97 Å². The molecule has 0 saturated heterocycles. The summed E-state index contributed by atoms with van der Waals surface area (Å²) in [5, 5.41) is 12.6. The van der Waals surface area contributed by atoms with Crippen molar-refractivity contribution in [2.45, 2.75) is 13.8 Å². The van der Waals surface area contributed by atoms with Gasteiger partial charge in [-0.1, -0.05) is 12.1 Å². The minimum absolute atomic E-state index is 0.108. The van der Waals surface area contributed by atoms with E-state index in [0.717, 1.165) is 5.01 Å². The lowest BCUT2D eigenvalue weighted by atomic mass is 10.1. The van der Waals surface area contributed by atoms with Crippen LogP contribution in [0.15, 0.2) is 24.4 Å². The van der Waals surface area contributed by atoms with Crippen LogP contribution in [0.2, 0.25) is 0 Å². The van der Waals surface area contributed by atoms with E-state index in [2.05, 4.69) is 10.3 Å². The summed E-state index contributed by atoms with van der Waals surface area (Å²) in [6, 6.07) is 4.97. The molecule has 2 aromatic rings. The van der Waals surface area contributed by atoms with Crippen molar-refractivity contribution in [2.75, 3.05) is 5.32 Å². The highest BCUT2D eigenvalue weighted by Crippen LogP contribution is 2.21. The lowest BCUT2D eigenvalue weighted by Crippen LogP contribution is -2.14. The van der Waals surface area contributed by atoms with Crippen molar-refractivity contribution in [2.24, 2.45) is 0 Å². The highest BCUT2D eigenvalue weighted by molar-refractivity contribution is 7.13. The summed E-state index contributed by atoms with van der Waals surface area (Å²) >= 11 is 1.26. The first kappa shape index (κ1) is 13.2. The molecule has 1 aromatic heterocycles. The Morgan fingerprint density at radius 3 is 2.63 bits per heavy atom. The van der Waals surface area contributed by atoms with Crippen LogP contribution >= 0.6 is 11.3 Å². The molecule has 0 atom stereocenters. The van der Waals surface area contributed by atoms with Gasteiger partial charge in [-0.2, -0.15) is 0 Å². The molecule has 19 heavy (non-hydrogen) atoms. The minimum atomic E-state index is -1.06. The van der Waals surface area contributed by atoms with E-state index in [1.165, 1.54) is 17.5 Å². The number of hydrogen-bond acceptors (Lipinski definition) is 4. The zero-order valence-corrected chi connectivity index (χ0v) is 11.2. The topological polar surface area (TPSA) is 79.3 Å². The van der Waals surface area contributed by atoms with E-state index in [9.17, 15) is 14.7 Å². The summed E-state index contributed by atoms with van der Waals surface area (Å²) in [6.45, 7) is 3.49. The molecule has 6 heteroatoms. The highest BCUT2D eigenvalue weighted by Gasteiger charge is 2.16. The number of nitrogens with one attached hydrogen (secondary N) is 1. The van der Waals surface area contributed by atoms with Crippen molar-refractivity contribution >= 4 is 28.9 Å². The number of benzene rings is 1. The Morgan fingerprint density at radius 1 is 1.32 bits per heavy atom. The number of hydrogen-bond donors (Lipinski definition) is 2. The molecule has 0 saturated carbocycles. The van der Waals surface area contributed by atoms with Crippen molar-refractivity contribution < 1.29 is 14.7 Å². The second kappa shape index (κ2) is 5.19. The number of nitrogens with zero attached hydrogens (tertiary/aromatic N) is 1. The molecule has 98 valence electrons. The van der Waals surface area contributed by atoms with Crippen LogP contribution in [0.3, 0.4) is 0 Å². The molecule has 2 rings (SSSR count). The Morgan fingerprint density at radius 2 is 2.05 bits per heavy atom. The Balaban J connectivity index is 2.31. The standard InChI is InChI=1S/C13H12N2O3S/c1-7-4-3-5-9(11(7)13(17)18)15-12(16)10-6-14-8(2)19-10/h3-6H,1-2H3,(H,15,16)(H,17,18). The van der Waals surface area contributed by atoms with Gasteiger partial charge in [0.05, 0.1) is 22.5 Å². The molecule has 0 aliphatic heterocycles. The fraction of sp³-hybridized carbons (Fsp3) is 0.154. The van der Waals surface area contributed by atoms with Crippen molar-refractivity contribution in [1.82, 2.24) is 4.98 Å². The van der Waals surface area contributed by atoms with Crippen LogP contribution in [0.4, 0.5) is 5.69 Å². The third-order valence-corrected chi connectivity index (χ3v) is 3.49. The molecule has 0 unspecified atom stereocenters. The van der Waals surface area contributed by atoms with Crippen LogP contribution in [-0.2, 0) is 0 Å². The molecule has 1 amide bonds. The zero-order valence-electron chi connectivity index (χ0n) is 10.4. The molecule has 0 radical (unpaired) electrons. The van der Waals surface area contributed by atoms with Crippen LogP contribution in [0, 0.1) is 13.8 Å². The van der Waals surface area contributed by atoms with E-state index >= 15 is 0 Å². The van der Waals surface area contributed by atoms with Gasteiger partial charge in [-0.15, -0.1) is 11.3 Å². The lowest BCUT2D eigenvalue weighted by molar-refractivity contribution is 0.0697. The Hall–Kier alpha value is -2.21. The van der Waals surface area contributed by atoms with Gasteiger partial charge in [0.25, 0.3) is 5.91 Å². The minimum Gasteiger partial charge on any atom is -0.478 e. The van der Waals surface area contributed by atoms with Crippen LogP contribution in [-0.4, -0.2) is 22.0 Å². The normalized spacial score (nSPS) is 10.2. The number of amides is 1. The highest BCUT2D eigenvalue weighted by atomic mass is 32.1. The largest absolute Gasteiger partial charge is 0.478 e. The second-order valence-corrected chi connectivity index (χ2v) is 5.24. The molecular formula is C13H12N2O3S. The number of thiazole rings is 1. The predicted octanol–water partition coefficient (Wildman–Crippen LogP) is 2.71. The number of carbonyl (C=O) groups is 2. The Labute approximate surface area is 113 Å². The van der Waals surface area contributed by atoms with Gasteiger partial charge in [-0.3, -0.25) is 4.79 Å². The molecule has 2 N–H and O–H groups in total. The summed E-state index contributed by atoms with van der Waals surface area (Å²) in [5.74, 6) is -1.41. The van der Waals surface area contributed by atoms with Gasteiger partial charge in [0.1, 0.15) is 4.88 Å². The van der Waals surface area contributed by atoms with Crippen molar-refractivity contribution in [3.05, 3.63) is 45.4 Å². The summed E-state index contributed by atoms with van der Waals surface area (Å²) in [6.07, 6.45) is 1.48. The monoisotopic (exact) mass is 276 g/mol. The average Bonchev–Trinajstić information content (AvgIpc) is 2.75. The van der Waals surface area contributed by atoms with Gasteiger partial charge in [-0.05, 0) is 25.5 Å². The third-order valence-electron chi connectivity index (χ3n) is 2.58. The summed E-state index contributed by atoms with van der Waals surface area (Å²) in [7, 11) is 0. The number of aryl methyl sites for hydroxylation is 2. The van der Waals surface area contributed by atoms with Crippen molar-refractivity contribution in [1.29, 1.82) is 0 Å². The van der Waals surface area contributed by atoms with Crippen LogP contribution < -0.4 is 5.32 Å². The summed E-state index contributed by atoms with van der Waals surface area (Å²) in [4.78, 5) is 27.6. The fourth-order valence-electron chi connectivity index (χ4n) is 1.71. The van der Waals surface area contributed by atoms with Gasteiger partial charge in [0, 0.05) is 0 Å². The first-order chi connectivity index (χ1) is 8.99. The number of rotatable bonds is 3. The molecule has 1 aromatic carbocycles. The molecule has 0 aliphatic rings. The Kier molecular flexibility index (Phi) is 3.62. The van der Waals surface area contributed by atoms with Crippen LogP contribution in [0.1, 0.15) is 30.6 Å². The number of carboxylic acid groups (broad SMARTS) is 1. The number of aromatic nitrogens is 1. The first-order valence-corrected chi connectivity index (χ1v) is 6.37. The number of carboxylic acids is 1. The number of anilines is 1. The molecule has 0 bridgehead atoms. The molecule has 0 fully saturated rings. The fourth-order valence-corrected chi connectivity index (χ4v) is 2.38. The second-order valence-electron chi connectivity index (χ2n) is 4.00. The van der Waals surface area contributed by atoms with E-state index in [-0.39, 0.29) is 11.5 Å². The number of carbonyl (C=O) groups excluding carboxylic acids is 1.